The third-order valence-corrected chi connectivity index (χ3v) is 6.47. The van der Waals surface area contributed by atoms with Gasteiger partial charge in [0.2, 0.25) is 11.6 Å². The number of nitrogens with zero attached hydrogens (tertiary/aromatic N) is 2. The number of oxazole rings is 1. The Bertz CT molecular complexity index is 1020. The van der Waals surface area contributed by atoms with Gasteiger partial charge in [-0.25, -0.2) is 9.97 Å². The molecule has 0 bridgehead atoms. The minimum absolute atomic E-state index is 0.132. The van der Waals surface area contributed by atoms with Crippen LogP contribution in [0.15, 0.2) is 38.3 Å². The molecule has 3 aromatic rings. The monoisotopic (exact) mass is 403 g/mol. The van der Waals surface area contributed by atoms with E-state index in [-0.39, 0.29) is 11.9 Å². The third kappa shape index (κ3) is 3.02. The highest BCUT2D eigenvalue weighted by atomic mass is 35.5. The lowest BCUT2D eigenvalue weighted by atomic mass is 9.50. The lowest BCUT2D eigenvalue weighted by molar-refractivity contribution is -0.0257. The van der Waals surface area contributed by atoms with Crippen LogP contribution in [0.1, 0.15) is 48.0 Å². The second-order valence-corrected chi connectivity index (χ2v) is 8.78. The number of hydrogen-bond donors (Lipinski definition) is 1. The summed E-state index contributed by atoms with van der Waals surface area (Å²) >= 11 is 7.44. The molecule has 1 N–H and O–H groups in total. The van der Waals surface area contributed by atoms with Gasteiger partial charge in [0, 0.05) is 18.2 Å². The summed E-state index contributed by atoms with van der Waals surface area (Å²) in [5.41, 5.74) is 1.56. The normalized spacial score (nSPS) is 26.7. The first-order chi connectivity index (χ1) is 13.0. The van der Waals surface area contributed by atoms with Gasteiger partial charge in [0.15, 0.2) is 10.9 Å². The lowest BCUT2D eigenvalue weighted by Gasteiger charge is -2.57. The molecule has 8 heteroatoms. The van der Waals surface area contributed by atoms with Crippen molar-refractivity contribution in [2.45, 2.75) is 42.7 Å². The van der Waals surface area contributed by atoms with Crippen LogP contribution in [-0.2, 0) is 0 Å². The van der Waals surface area contributed by atoms with Crippen molar-refractivity contribution in [1.82, 2.24) is 15.3 Å². The van der Waals surface area contributed by atoms with E-state index >= 15 is 0 Å². The summed E-state index contributed by atoms with van der Waals surface area (Å²) in [6.07, 6.45) is 7.56. The van der Waals surface area contributed by atoms with Crippen molar-refractivity contribution in [2.75, 3.05) is 6.26 Å². The standard InChI is InChI=1S/C19H18ClN3O3S/c1-27-15-3-2-14(25-15)16(24)22-12-7-19(8-12)5-10(6-19)17-23-13-4-11(20)9-21-18(13)26-17/h2-4,9-10,12H,5-8H2,1H3,(H,22,24). The lowest BCUT2D eigenvalue weighted by Crippen LogP contribution is -2.55. The van der Waals surface area contributed by atoms with Crippen LogP contribution in [-0.4, -0.2) is 28.2 Å². The summed E-state index contributed by atoms with van der Waals surface area (Å²) in [4.78, 5) is 21.0. The van der Waals surface area contributed by atoms with Gasteiger partial charge >= 0.3 is 0 Å². The third-order valence-electron chi connectivity index (χ3n) is 5.64. The number of amides is 1. The van der Waals surface area contributed by atoms with Gasteiger partial charge in [0.1, 0.15) is 5.52 Å². The van der Waals surface area contributed by atoms with Crippen LogP contribution in [0.2, 0.25) is 5.02 Å². The summed E-state index contributed by atoms with van der Waals surface area (Å²) in [6.45, 7) is 0. The van der Waals surface area contributed by atoms with E-state index in [1.165, 1.54) is 11.8 Å². The van der Waals surface area contributed by atoms with E-state index in [0.29, 0.717) is 33.3 Å². The number of pyridine rings is 1. The molecule has 0 saturated heterocycles. The highest BCUT2D eigenvalue weighted by Crippen LogP contribution is 2.61. The average molecular weight is 404 g/mol. The quantitative estimate of drug-likeness (QED) is 0.638. The maximum atomic E-state index is 12.3. The summed E-state index contributed by atoms with van der Waals surface area (Å²) in [5, 5.41) is 4.38. The molecule has 3 heterocycles. The van der Waals surface area contributed by atoms with Crippen LogP contribution < -0.4 is 5.32 Å². The predicted octanol–water partition coefficient (Wildman–Crippen LogP) is 4.65. The van der Waals surface area contributed by atoms with Crippen molar-refractivity contribution in [3.05, 3.63) is 41.1 Å². The van der Waals surface area contributed by atoms with Crippen molar-refractivity contribution in [3.8, 4) is 0 Å². The molecule has 0 unspecified atom stereocenters. The van der Waals surface area contributed by atoms with Crippen molar-refractivity contribution in [3.63, 3.8) is 0 Å². The Balaban J connectivity index is 1.16. The van der Waals surface area contributed by atoms with Crippen molar-refractivity contribution >= 4 is 40.5 Å². The van der Waals surface area contributed by atoms with Crippen LogP contribution in [0.5, 0.6) is 0 Å². The van der Waals surface area contributed by atoms with Gasteiger partial charge < -0.3 is 14.2 Å². The van der Waals surface area contributed by atoms with Crippen molar-refractivity contribution < 1.29 is 13.6 Å². The van der Waals surface area contributed by atoms with Crippen molar-refractivity contribution in [1.29, 1.82) is 0 Å². The number of carbonyl (C=O) groups is 1. The summed E-state index contributed by atoms with van der Waals surface area (Å²) in [7, 11) is 0. The van der Waals surface area contributed by atoms with E-state index in [1.807, 2.05) is 12.3 Å². The van der Waals surface area contributed by atoms with Crippen LogP contribution in [0.4, 0.5) is 0 Å². The maximum Gasteiger partial charge on any atom is 0.287 e. The molecule has 1 spiro atoms. The minimum atomic E-state index is -0.132. The minimum Gasteiger partial charge on any atom is -0.445 e. The molecular weight excluding hydrogens is 386 g/mol. The molecule has 5 rings (SSSR count). The first-order valence-corrected chi connectivity index (χ1v) is 10.5. The van der Waals surface area contributed by atoms with Crippen LogP contribution in [0, 0.1) is 5.41 Å². The zero-order valence-electron chi connectivity index (χ0n) is 14.7. The summed E-state index contributed by atoms with van der Waals surface area (Å²) in [5.74, 6) is 1.32. The number of hydrogen-bond acceptors (Lipinski definition) is 6. The molecular formula is C19H18ClN3O3S. The Morgan fingerprint density at radius 2 is 2.11 bits per heavy atom. The van der Waals surface area contributed by atoms with E-state index in [9.17, 15) is 4.79 Å². The van der Waals surface area contributed by atoms with Gasteiger partial charge in [-0.05, 0) is 55.6 Å². The molecule has 2 saturated carbocycles. The molecule has 2 fully saturated rings. The molecule has 3 aromatic heterocycles. The second kappa shape index (κ2) is 6.27. The highest BCUT2D eigenvalue weighted by Gasteiger charge is 2.54. The molecule has 0 aromatic carbocycles. The average Bonchev–Trinajstić information content (AvgIpc) is 3.21. The Hall–Kier alpha value is -1.99. The number of aromatic nitrogens is 2. The number of furan rings is 1. The fourth-order valence-corrected chi connectivity index (χ4v) is 4.91. The molecule has 2 aliphatic rings. The number of carbonyl (C=O) groups excluding carboxylic acids is 1. The number of thioether (sulfide) groups is 1. The predicted molar refractivity (Wildman–Crippen MR) is 102 cm³/mol. The van der Waals surface area contributed by atoms with E-state index in [0.717, 1.165) is 36.7 Å². The smallest absolute Gasteiger partial charge is 0.287 e. The molecule has 1 amide bonds. The van der Waals surface area contributed by atoms with Crippen LogP contribution in [0.25, 0.3) is 11.2 Å². The fourth-order valence-electron chi connectivity index (χ4n) is 4.38. The SMILES string of the molecule is CSc1ccc(C(=O)NC2CC3(C2)CC(c2nc4cc(Cl)cnc4o2)C3)o1. The largest absolute Gasteiger partial charge is 0.445 e. The van der Waals surface area contributed by atoms with Crippen LogP contribution >= 0.6 is 23.4 Å². The first-order valence-electron chi connectivity index (χ1n) is 8.90. The number of nitrogens with one attached hydrogen (secondary N) is 1. The Morgan fingerprint density at radius 1 is 1.30 bits per heavy atom. The summed E-state index contributed by atoms with van der Waals surface area (Å²) < 4.78 is 11.3. The van der Waals surface area contributed by atoms with Crippen molar-refractivity contribution in [2.24, 2.45) is 5.41 Å². The van der Waals surface area contributed by atoms with Gasteiger partial charge in [-0.15, -0.1) is 0 Å². The maximum absolute atomic E-state index is 12.3. The first kappa shape index (κ1) is 17.1. The number of halogens is 1. The van der Waals surface area contributed by atoms with Gasteiger partial charge in [0.25, 0.3) is 5.91 Å². The van der Waals surface area contributed by atoms with Gasteiger partial charge in [-0.2, -0.15) is 0 Å². The molecule has 0 radical (unpaired) electrons. The molecule has 0 aliphatic heterocycles. The zero-order chi connectivity index (χ0) is 18.6. The number of rotatable bonds is 4. The Labute approximate surface area is 165 Å². The molecule has 27 heavy (non-hydrogen) atoms. The van der Waals surface area contributed by atoms with Gasteiger partial charge in [-0.1, -0.05) is 23.4 Å². The van der Waals surface area contributed by atoms with E-state index in [4.69, 9.17) is 20.4 Å². The summed E-state index contributed by atoms with van der Waals surface area (Å²) in [6, 6.07) is 5.53. The number of fused-ring (bicyclic) bond motifs is 1. The molecule has 140 valence electrons. The molecule has 2 aliphatic carbocycles. The van der Waals surface area contributed by atoms with Gasteiger partial charge in [-0.3, -0.25) is 4.79 Å². The van der Waals surface area contributed by atoms with E-state index in [1.54, 1.807) is 18.3 Å². The van der Waals surface area contributed by atoms with E-state index in [2.05, 4.69) is 15.3 Å². The fraction of sp³-hybridized carbons (Fsp3) is 0.421. The topological polar surface area (TPSA) is 81.2 Å². The zero-order valence-corrected chi connectivity index (χ0v) is 16.3. The highest BCUT2D eigenvalue weighted by molar-refractivity contribution is 7.98. The Morgan fingerprint density at radius 3 is 2.85 bits per heavy atom. The molecule has 0 atom stereocenters. The Kier molecular flexibility index (Phi) is 3.98. The van der Waals surface area contributed by atoms with Gasteiger partial charge in [0.05, 0.1) is 5.02 Å². The second-order valence-electron chi connectivity index (χ2n) is 7.54. The molecule has 6 nitrogen and oxygen atoms in total. The van der Waals surface area contributed by atoms with E-state index < -0.39 is 0 Å². The van der Waals surface area contributed by atoms with Crippen LogP contribution in [0.3, 0.4) is 0 Å².